The largest absolute Gasteiger partial charge is 0.489 e. The van der Waals surface area contributed by atoms with Gasteiger partial charge in [0.25, 0.3) is 21.8 Å². The van der Waals surface area contributed by atoms with E-state index in [-0.39, 0.29) is 33.3 Å². The third-order valence-corrected chi connectivity index (χ3v) is 7.99. The molecule has 0 aliphatic carbocycles. The van der Waals surface area contributed by atoms with Gasteiger partial charge in [-0.05, 0) is 59.7 Å². The van der Waals surface area contributed by atoms with Gasteiger partial charge in [0, 0.05) is 16.1 Å². The zero-order valence-corrected chi connectivity index (χ0v) is 24.8. The maximum absolute atomic E-state index is 13.3. The van der Waals surface area contributed by atoms with Crippen LogP contribution in [0.1, 0.15) is 31.8 Å². The van der Waals surface area contributed by atoms with Crippen molar-refractivity contribution in [3.8, 4) is 11.5 Å². The minimum Gasteiger partial charge on any atom is -0.489 e. The standard InChI is InChI=1S/C34H27ClN2O6S/c35-28-18-27(20-30(21-28)43-23-25-12-5-2-6-13-25)34(39)37-44(40,41)32-17-8-7-16-31(32)36-33(38)26-14-9-15-29(19-26)42-22-24-10-3-1-4-11-24/h1-21H,22-23H2,(H,36,38)(H,37,39). The molecule has 0 spiro atoms. The van der Waals surface area contributed by atoms with Crippen LogP contribution in [-0.2, 0) is 23.2 Å². The summed E-state index contributed by atoms with van der Waals surface area (Å²) in [6.07, 6.45) is 0. The molecule has 5 aromatic carbocycles. The average Bonchev–Trinajstić information content (AvgIpc) is 3.03. The van der Waals surface area contributed by atoms with Crippen LogP contribution in [0.5, 0.6) is 11.5 Å². The summed E-state index contributed by atoms with van der Waals surface area (Å²) in [5, 5.41) is 2.83. The van der Waals surface area contributed by atoms with Crippen LogP contribution in [0.15, 0.2) is 132 Å². The van der Waals surface area contributed by atoms with Gasteiger partial charge in [0.2, 0.25) is 0 Å². The van der Waals surface area contributed by atoms with Crippen LogP contribution in [0.4, 0.5) is 5.69 Å². The summed E-state index contributed by atoms with van der Waals surface area (Å²) < 4.78 is 40.3. The number of para-hydroxylation sites is 1. The van der Waals surface area contributed by atoms with Crippen LogP contribution >= 0.6 is 11.6 Å². The number of carbonyl (C=O) groups is 2. The molecule has 0 radical (unpaired) electrons. The number of amides is 2. The molecule has 0 unspecified atom stereocenters. The van der Waals surface area contributed by atoms with E-state index in [0.717, 1.165) is 11.1 Å². The van der Waals surface area contributed by atoms with Crippen molar-refractivity contribution in [1.82, 2.24) is 4.72 Å². The number of anilines is 1. The lowest BCUT2D eigenvalue weighted by Gasteiger charge is -2.14. The van der Waals surface area contributed by atoms with E-state index in [1.165, 1.54) is 36.4 Å². The first-order chi connectivity index (χ1) is 21.3. The summed E-state index contributed by atoms with van der Waals surface area (Å²) in [7, 11) is -4.42. The number of benzene rings is 5. The fourth-order valence-electron chi connectivity index (χ4n) is 4.22. The van der Waals surface area contributed by atoms with Crippen LogP contribution in [0.3, 0.4) is 0 Å². The Kier molecular flexibility index (Phi) is 9.59. The topological polar surface area (TPSA) is 111 Å². The molecule has 0 aliphatic heterocycles. The van der Waals surface area contributed by atoms with Crippen molar-refractivity contribution in [2.75, 3.05) is 5.32 Å². The fraction of sp³-hybridized carbons (Fsp3) is 0.0588. The Morgan fingerprint density at radius 1 is 0.614 bits per heavy atom. The van der Waals surface area contributed by atoms with Crippen LogP contribution in [-0.4, -0.2) is 20.2 Å². The van der Waals surface area contributed by atoms with Crippen LogP contribution in [0.2, 0.25) is 5.02 Å². The molecule has 5 rings (SSSR count). The van der Waals surface area contributed by atoms with Crippen molar-refractivity contribution in [1.29, 1.82) is 0 Å². The van der Waals surface area contributed by atoms with E-state index >= 15 is 0 Å². The van der Waals surface area contributed by atoms with E-state index in [1.807, 2.05) is 60.7 Å². The highest BCUT2D eigenvalue weighted by atomic mass is 35.5. The van der Waals surface area contributed by atoms with Crippen LogP contribution < -0.4 is 19.5 Å². The predicted octanol–water partition coefficient (Wildman–Crippen LogP) is 6.87. The molecule has 222 valence electrons. The monoisotopic (exact) mass is 626 g/mol. The molecule has 2 N–H and O–H groups in total. The second-order valence-electron chi connectivity index (χ2n) is 9.64. The average molecular weight is 627 g/mol. The molecule has 44 heavy (non-hydrogen) atoms. The lowest BCUT2D eigenvalue weighted by molar-refractivity contribution is 0.0979. The van der Waals surface area contributed by atoms with E-state index in [2.05, 4.69) is 10.0 Å². The number of carbonyl (C=O) groups excluding carboxylic acids is 2. The number of hydrogen-bond acceptors (Lipinski definition) is 6. The Labute approximate surface area is 260 Å². The maximum Gasteiger partial charge on any atom is 0.266 e. The van der Waals surface area contributed by atoms with Gasteiger partial charge >= 0.3 is 0 Å². The van der Waals surface area contributed by atoms with E-state index in [9.17, 15) is 18.0 Å². The van der Waals surface area contributed by atoms with Crippen molar-refractivity contribution < 1.29 is 27.5 Å². The SMILES string of the molecule is O=C(Nc1ccccc1S(=O)(=O)NC(=O)c1cc(Cl)cc(OCc2ccccc2)c1)c1cccc(OCc2ccccc2)c1. The molecule has 0 saturated heterocycles. The van der Waals surface area contributed by atoms with Gasteiger partial charge < -0.3 is 14.8 Å². The fourth-order valence-corrected chi connectivity index (χ4v) is 5.58. The Balaban J connectivity index is 1.28. The summed E-state index contributed by atoms with van der Waals surface area (Å²) in [5.41, 5.74) is 2.11. The molecule has 0 saturated carbocycles. The second kappa shape index (κ2) is 13.9. The highest BCUT2D eigenvalue weighted by Gasteiger charge is 2.24. The van der Waals surface area contributed by atoms with Gasteiger partial charge in [-0.2, -0.15) is 0 Å². The van der Waals surface area contributed by atoms with Gasteiger partial charge in [0.05, 0.1) is 5.69 Å². The molecule has 0 heterocycles. The lowest BCUT2D eigenvalue weighted by atomic mass is 10.2. The van der Waals surface area contributed by atoms with Gasteiger partial charge in [-0.1, -0.05) is 90.5 Å². The third kappa shape index (κ3) is 8.03. The quantitative estimate of drug-likeness (QED) is 0.166. The minimum atomic E-state index is -4.42. The zero-order valence-electron chi connectivity index (χ0n) is 23.3. The molecular formula is C34H27ClN2O6S. The molecule has 0 fully saturated rings. The van der Waals surface area contributed by atoms with Crippen molar-refractivity contribution in [2.24, 2.45) is 0 Å². The summed E-state index contributed by atoms with van der Waals surface area (Å²) in [6.45, 7) is 0.551. The normalized spacial score (nSPS) is 10.9. The van der Waals surface area contributed by atoms with E-state index < -0.39 is 21.8 Å². The summed E-state index contributed by atoms with van der Waals surface area (Å²) >= 11 is 6.20. The van der Waals surface area contributed by atoms with Gasteiger partial charge in [0.15, 0.2) is 0 Å². The van der Waals surface area contributed by atoms with E-state index in [1.54, 1.807) is 30.3 Å². The third-order valence-electron chi connectivity index (χ3n) is 6.38. The van der Waals surface area contributed by atoms with Crippen molar-refractivity contribution in [3.63, 3.8) is 0 Å². The van der Waals surface area contributed by atoms with E-state index in [4.69, 9.17) is 21.1 Å². The highest BCUT2D eigenvalue weighted by molar-refractivity contribution is 7.90. The number of hydrogen-bond donors (Lipinski definition) is 2. The number of nitrogens with one attached hydrogen (secondary N) is 2. The molecule has 8 nitrogen and oxygen atoms in total. The molecule has 0 bridgehead atoms. The van der Waals surface area contributed by atoms with Gasteiger partial charge in [0.1, 0.15) is 29.6 Å². The molecule has 2 amide bonds. The number of sulfonamides is 1. The van der Waals surface area contributed by atoms with Crippen molar-refractivity contribution in [3.05, 3.63) is 155 Å². The lowest BCUT2D eigenvalue weighted by Crippen LogP contribution is -2.31. The van der Waals surface area contributed by atoms with Gasteiger partial charge in [-0.15, -0.1) is 0 Å². The Morgan fingerprint density at radius 2 is 1.20 bits per heavy atom. The number of rotatable bonds is 11. The second-order valence-corrected chi connectivity index (χ2v) is 11.7. The Bertz CT molecular complexity index is 1880. The molecule has 10 heteroatoms. The van der Waals surface area contributed by atoms with Gasteiger partial charge in [-0.25, -0.2) is 13.1 Å². The van der Waals surface area contributed by atoms with Crippen molar-refractivity contribution >= 4 is 39.1 Å². The molecule has 5 aromatic rings. The van der Waals surface area contributed by atoms with Gasteiger partial charge in [-0.3, -0.25) is 9.59 Å². The summed E-state index contributed by atoms with van der Waals surface area (Å²) in [6, 6.07) is 35.6. The van der Waals surface area contributed by atoms with Crippen LogP contribution in [0, 0.1) is 0 Å². The Morgan fingerprint density at radius 3 is 1.89 bits per heavy atom. The minimum absolute atomic E-state index is 0.00798. The molecule has 0 aliphatic rings. The first-order valence-electron chi connectivity index (χ1n) is 13.5. The zero-order chi connectivity index (χ0) is 30.9. The highest BCUT2D eigenvalue weighted by Crippen LogP contribution is 2.25. The summed E-state index contributed by atoms with van der Waals surface area (Å²) in [4.78, 5) is 25.9. The molecule has 0 aromatic heterocycles. The Hall–Kier alpha value is -5.12. The maximum atomic E-state index is 13.3. The number of ether oxygens (including phenoxy) is 2. The predicted molar refractivity (Wildman–Crippen MR) is 168 cm³/mol. The number of halogens is 1. The van der Waals surface area contributed by atoms with Crippen LogP contribution in [0.25, 0.3) is 0 Å². The first kappa shape index (κ1) is 30.3. The van der Waals surface area contributed by atoms with E-state index in [0.29, 0.717) is 18.1 Å². The first-order valence-corrected chi connectivity index (χ1v) is 15.3. The summed E-state index contributed by atoms with van der Waals surface area (Å²) in [5.74, 6) is -0.699. The molecular weight excluding hydrogens is 600 g/mol. The smallest absolute Gasteiger partial charge is 0.266 e. The van der Waals surface area contributed by atoms with Crippen molar-refractivity contribution in [2.45, 2.75) is 18.1 Å². The molecule has 0 atom stereocenters.